The van der Waals surface area contributed by atoms with Crippen LogP contribution in [0.2, 0.25) is 0 Å². The van der Waals surface area contributed by atoms with E-state index in [1.807, 2.05) is 0 Å². The molecule has 3 rings (SSSR count). The van der Waals surface area contributed by atoms with Gasteiger partial charge in [-0.3, -0.25) is 4.79 Å². The maximum absolute atomic E-state index is 13.7. The first-order chi connectivity index (χ1) is 12.5. The van der Waals surface area contributed by atoms with Crippen LogP contribution < -0.4 is 10.1 Å². The van der Waals surface area contributed by atoms with E-state index in [0.717, 1.165) is 12.1 Å². The van der Waals surface area contributed by atoms with Crippen molar-refractivity contribution in [2.45, 2.75) is 6.61 Å². The number of carbonyl (C=O) groups is 1. The minimum atomic E-state index is -1.58. The van der Waals surface area contributed by atoms with Gasteiger partial charge in [0, 0.05) is 5.56 Å². The van der Waals surface area contributed by atoms with Crippen LogP contribution in [0.3, 0.4) is 0 Å². The van der Waals surface area contributed by atoms with Crippen LogP contribution in [0.5, 0.6) is 5.75 Å². The minimum absolute atomic E-state index is 0.0771. The molecule has 0 saturated carbocycles. The molecule has 134 valence electrons. The van der Waals surface area contributed by atoms with Crippen LogP contribution in [0.4, 0.5) is 13.2 Å². The van der Waals surface area contributed by atoms with Gasteiger partial charge in [-0.15, -0.1) is 5.10 Å². The topological polar surface area (TPSA) is 63.0 Å². The number of benzene rings is 2. The predicted molar refractivity (Wildman–Crippen MR) is 92.7 cm³/mol. The Hall–Kier alpha value is -2.81. The van der Waals surface area contributed by atoms with Crippen molar-refractivity contribution < 1.29 is 22.7 Å². The molecule has 0 radical (unpaired) electrons. The Labute approximate surface area is 151 Å². The molecule has 9 heteroatoms. The number of halogens is 3. The summed E-state index contributed by atoms with van der Waals surface area (Å²) in [6.07, 6.45) is 1.46. The molecule has 0 unspecified atom stereocenters. The van der Waals surface area contributed by atoms with E-state index in [1.165, 1.54) is 18.0 Å². The molecule has 1 saturated heterocycles. The Morgan fingerprint density at radius 2 is 1.96 bits per heavy atom. The van der Waals surface area contributed by atoms with E-state index in [0.29, 0.717) is 22.0 Å². The number of nitrogens with one attached hydrogen (secondary N) is 1. The summed E-state index contributed by atoms with van der Waals surface area (Å²) >= 11 is 1.24. The Morgan fingerprint density at radius 3 is 2.73 bits per heavy atom. The number of amides is 1. The second-order valence-corrected chi connectivity index (χ2v) is 6.11. The highest BCUT2D eigenvalue weighted by atomic mass is 32.2. The van der Waals surface area contributed by atoms with E-state index in [9.17, 15) is 18.0 Å². The van der Waals surface area contributed by atoms with Gasteiger partial charge >= 0.3 is 0 Å². The smallest absolute Gasteiger partial charge is 0.236 e. The third-order valence-electron chi connectivity index (χ3n) is 3.37. The Kier molecular flexibility index (Phi) is 5.57. The zero-order valence-electron chi connectivity index (χ0n) is 13.2. The van der Waals surface area contributed by atoms with Crippen LogP contribution in [-0.2, 0) is 11.4 Å². The number of rotatable bonds is 5. The molecule has 1 heterocycles. The molecule has 1 N–H and O–H groups in total. The maximum atomic E-state index is 13.7. The highest BCUT2D eigenvalue weighted by molar-refractivity contribution is 8.15. The summed E-state index contributed by atoms with van der Waals surface area (Å²) in [5.74, 6) is -4.45. The second-order valence-electron chi connectivity index (χ2n) is 5.15. The van der Waals surface area contributed by atoms with Crippen LogP contribution in [0.1, 0.15) is 11.1 Å². The number of carbonyl (C=O) groups excluding carboxylic acids is 1. The Bertz CT molecular complexity index is 903. The molecular weight excluding hydrogens is 367 g/mol. The van der Waals surface area contributed by atoms with Crippen LogP contribution >= 0.6 is 11.8 Å². The van der Waals surface area contributed by atoms with E-state index >= 15 is 0 Å². The molecule has 26 heavy (non-hydrogen) atoms. The van der Waals surface area contributed by atoms with Crippen molar-refractivity contribution in [2.75, 3.05) is 5.75 Å². The lowest BCUT2D eigenvalue weighted by molar-refractivity contribution is -0.116. The van der Waals surface area contributed by atoms with Crippen molar-refractivity contribution in [1.82, 2.24) is 5.32 Å². The third-order valence-corrected chi connectivity index (χ3v) is 4.23. The van der Waals surface area contributed by atoms with Gasteiger partial charge in [-0.2, -0.15) is 9.49 Å². The predicted octanol–water partition coefficient (Wildman–Crippen LogP) is 3.24. The highest BCUT2D eigenvalue weighted by Gasteiger charge is 2.16. The molecule has 1 amide bonds. The second kappa shape index (κ2) is 8.05. The van der Waals surface area contributed by atoms with Crippen LogP contribution in [0, 0.1) is 17.5 Å². The highest BCUT2D eigenvalue weighted by Crippen LogP contribution is 2.23. The van der Waals surface area contributed by atoms with Crippen molar-refractivity contribution in [3.63, 3.8) is 0 Å². The SMILES string of the molecule is O=C1CSC(=NN=Cc2ccccc2COc2ccc(F)c(F)c2F)N1. The van der Waals surface area contributed by atoms with Gasteiger partial charge < -0.3 is 10.1 Å². The molecule has 0 atom stereocenters. The fourth-order valence-electron chi connectivity index (χ4n) is 2.09. The molecule has 2 aromatic carbocycles. The monoisotopic (exact) mass is 379 g/mol. The molecular formula is C17H12F3N3O2S. The summed E-state index contributed by atoms with van der Waals surface area (Å²) in [6.45, 7) is -0.0771. The molecule has 5 nitrogen and oxygen atoms in total. The number of ether oxygens (including phenoxy) is 1. The number of nitrogens with zero attached hydrogens (tertiary/aromatic N) is 2. The van der Waals surface area contributed by atoms with Crippen molar-refractivity contribution in [3.8, 4) is 5.75 Å². The average Bonchev–Trinajstić information content (AvgIpc) is 3.05. The van der Waals surface area contributed by atoms with E-state index < -0.39 is 17.5 Å². The van der Waals surface area contributed by atoms with E-state index in [-0.39, 0.29) is 18.3 Å². The molecule has 0 aromatic heterocycles. The van der Waals surface area contributed by atoms with Gasteiger partial charge in [-0.05, 0) is 17.7 Å². The average molecular weight is 379 g/mol. The summed E-state index contributed by atoms with van der Waals surface area (Å²) in [7, 11) is 0. The fourth-order valence-corrected chi connectivity index (χ4v) is 2.72. The van der Waals surface area contributed by atoms with Gasteiger partial charge in [0.1, 0.15) is 6.61 Å². The summed E-state index contributed by atoms with van der Waals surface area (Å²) in [6, 6.07) is 8.79. The summed E-state index contributed by atoms with van der Waals surface area (Å²) in [5, 5.41) is 10.7. The van der Waals surface area contributed by atoms with Crippen molar-refractivity contribution in [1.29, 1.82) is 0 Å². The molecule has 1 aliphatic rings. The molecule has 1 fully saturated rings. The fraction of sp³-hybridized carbons (Fsp3) is 0.118. The Balaban J connectivity index is 1.71. The first kappa shape index (κ1) is 18.0. The standard InChI is InChI=1S/C17H12F3N3O2S/c18-12-5-6-13(16(20)15(12)19)25-8-11-4-2-1-3-10(11)7-21-23-17-22-14(24)9-26-17/h1-7H,8-9H2,(H,22,23,24). The first-order valence-electron chi connectivity index (χ1n) is 7.42. The zero-order valence-corrected chi connectivity index (χ0v) is 14.0. The van der Waals surface area contributed by atoms with E-state index in [1.54, 1.807) is 24.3 Å². The van der Waals surface area contributed by atoms with Crippen molar-refractivity contribution in [2.24, 2.45) is 10.2 Å². The van der Waals surface area contributed by atoms with Gasteiger partial charge in [-0.1, -0.05) is 36.0 Å². The summed E-state index contributed by atoms with van der Waals surface area (Å²) in [4.78, 5) is 11.1. The van der Waals surface area contributed by atoms with Gasteiger partial charge in [0.05, 0.1) is 12.0 Å². The molecule has 1 aliphatic heterocycles. The van der Waals surface area contributed by atoms with Gasteiger partial charge in [0.25, 0.3) is 0 Å². The maximum Gasteiger partial charge on any atom is 0.236 e. The molecule has 0 bridgehead atoms. The molecule has 0 aliphatic carbocycles. The number of thioether (sulfide) groups is 1. The first-order valence-corrected chi connectivity index (χ1v) is 8.41. The van der Waals surface area contributed by atoms with Crippen molar-refractivity contribution in [3.05, 3.63) is 65.0 Å². The lowest BCUT2D eigenvalue weighted by Crippen LogP contribution is -2.19. The molecule has 0 spiro atoms. The number of hydrogen-bond acceptors (Lipinski definition) is 5. The van der Waals surface area contributed by atoms with Crippen LogP contribution in [0.15, 0.2) is 46.6 Å². The van der Waals surface area contributed by atoms with Gasteiger partial charge in [-0.25, -0.2) is 8.78 Å². The number of amidine groups is 1. The zero-order chi connectivity index (χ0) is 18.5. The summed E-state index contributed by atoms with van der Waals surface area (Å²) < 4.78 is 45.1. The lowest BCUT2D eigenvalue weighted by Gasteiger charge is -2.09. The molecule has 2 aromatic rings. The van der Waals surface area contributed by atoms with E-state index in [4.69, 9.17) is 4.74 Å². The van der Waals surface area contributed by atoms with Crippen LogP contribution in [0.25, 0.3) is 0 Å². The normalized spacial score (nSPS) is 15.7. The number of hydrogen-bond donors (Lipinski definition) is 1. The van der Waals surface area contributed by atoms with Gasteiger partial charge in [0.2, 0.25) is 11.7 Å². The quantitative estimate of drug-likeness (QED) is 0.493. The van der Waals surface area contributed by atoms with Crippen molar-refractivity contribution >= 4 is 29.1 Å². The largest absolute Gasteiger partial charge is 0.486 e. The summed E-state index contributed by atoms with van der Waals surface area (Å²) in [5.41, 5.74) is 1.29. The third kappa shape index (κ3) is 4.23. The lowest BCUT2D eigenvalue weighted by atomic mass is 10.1. The van der Waals surface area contributed by atoms with E-state index in [2.05, 4.69) is 15.5 Å². The van der Waals surface area contributed by atoms with Gasteiger partial charge in [0.15, 0.2) is 22.6 Å². The Morgan fingerprint density at radius 1 is 1.15 bits per heavy atom. The van der Waals surface area contributed by atoms with Crippen LogP contribution in [-0.4, -0.2) is 23.0 Å². The minimum Gasteiger partial charge on any atom is -0.486 e.